The first-order valence-electron chi connectivity index (χ1n) is 11.0. The molecule has 1 aliphatic carbocycles. The number of nitrogens with zero attached hydrogens (tertiary/aromatic N) is 2. The minimum atomic E-state index is 0.485. The second kappa shape index (κ2) is 9.75. The van der Waals surface area contributed by atoms with Gasteiger partial charge in [-0.1, -0.05) is 38.0 Å². The van der Waals surface area contributed by atoms with Crippen LogP contribution in [0.5, 0.6) is 0 Å². The summed E-state index contributed by atoms with van der Waals surface area (Å²) in [5.41, 5.74) is 2.71. The first-order chi connectivity index (χ1) is 12.8. The number of ether oxygens (including phenoxy) is 1. The topological polar surface area (TPSA) is 15.7 Å². The van der Waals surface area contributed by atoms with Gasteiger partial charge in [-0.3, -0.25) is 0 Å². The number of aryl methyl sites for hydroxylation is 1. The van der Waals surface area contributed by atoms with Crippen molar-refractivity contribution in [3.05, 3.63) is 29.8 Å². The fourth-order valence-corrected chi connectivity index (χ4v) is 4.51. The van der Waals surface area contributed by atoms with Crippen molar-refractivity contribution in [1.82, 2.24) is 4.90 Å². The maximum Gasteiger partial charge on any atom is 0.0612 e. The van der Waals surface area contributed by atoms with Crippen LogP contribution >= 0.6 is 0 Å². The Balaban J connectivity index is 0.000000948. The third kappa shape index (κ3) is 5.01. The van der Waals surface area contributed by atoms with Crippen molar-refractivity contribution in [3.63, 3.8) is 0 Å². The normalized spacial score (nSPS) is 27.4. The molecule has 146 valence electrons. The van der Waals surface area contributed by atoms with Crippen LogP contribution in [-0.2, 0) is 4.74 Å². The number of piperidine rings is 2. The highest BCUT2D eigenvalue weighted by atomic mass is 16.5. The van der Waals surface area contributed by atoms with E-state index in [1.54, 1.807) is 0 Å². The van der Waals surface area contributed by atoms with E-state index in [4.69, 9.17) is 4.74 Å². The summed E-state index contributed by atoms with van der Waals surface area (Å²) < 4.78 is 6.40. The number of benzene rings is 1. The van der Waals surface area contributed by atoms with Crippen LogP contribution in [0.2, 0.25) is 0 Å². The van der Waals surface area contributed by atoms with Gasteiger partial charge < -0.3 is 14.5 Å². The molecule has 0 aromatic heterocycles. The van der Waals surface area contributed by atoms with Crippen LogP contribution < -0.4 is 4.90 Å². The van der Waals surface area contributed by atoms with Crippen molar-refractivity contribution < 1.29 is 4.74 Å². The molecule has 1 aromatic carbocycles. The summed E-state index contributed by atoms with van der Waals surface area (Å²) in [6.45, 7) is 11.1. The number of rotatable bonds is 4. The van der Waals surface area contributed by atoms with Crippen LogP contribution in [-0.4, -0.2) is 49.3 Å². The SMILES string of the molecule is CC.Cc1ccc(N2CCC(OC3CC(N4CCCCC4)C3)CC2)cc1. The average molecular weight is 359 g/mol. The third-order valence-electron chi connectivity index (χ3n) is 6.20. The summed E-state index contributed by atoms with van der Waals surface area (Å²) in [4.78, 5) is 5.22. The van der Waals surface area contributed by atoms with Crippen LogP contribution in [0.4, 0.5) is 5.69 Å². The molecular formula is C23H38N2O. The van der Waals surface area contributed by atoms with Gasteiger partial charge in [0.1, 0.15) is 0 Å². The molecule has 0 radical (unpaired) electrons. The zero-order valence-electron chi connectivity index (χ0n) is 17.1. The summed E-state index contributed by atoms with van der Waals surface area (Å²) in [6.07, 6.45) is 10.2. The van der Waals surface area contributed by atoms with E-state index in [1.807, 2.05) is 13.8 Å². The lowest BCUT2D eigenvalue weighted by atomic mass is 9.86. The Bertz CT molecular complexity index is 510. The molecule has 3 heteroatoms. The smallest absolute Gasteiger partial charge is 0.0612 e. The molecule has 1 saturated carbocycles. The van der Waals surface area contributed by atoms with Gasteiger partial charge in [-0.2, -0.15) is 0 Å². The second-order valence-electron chi connectivity index (χ2n) is 8.00. The number of anilines is 1. The average Bonchev–Trinajstić information content (AvgIpc) is 2.68. The summed E-state index contributed by atoms with van der Waals surface area (Å²) in [5.74, 6) is 0. The molecule has 2 saturated heterocycles. The molecule has 2 aliphatic heterocycles. The van der Waals surface area contributed by atoms with E-state index < -0.39 is 0 Å². The Kier molecular flexibility index (Phi) is 7.39. The Hall–Kier alpha value is -1.06. The predicted octanol–water partition coefficient (Wildman–Crippen LogP) is 5.02. The number of hydrogen-bond donors (Lipinski definition) is 0. The van der Waals surface area contributed by atoms with Crippen LogP contribution in [0.15, 0.2) is 24.3 Å². The molecule has 1 aromatic rings. The van der Waals surface area contributed by atoms with Gasteiger partial charge in [0.15, 0.2) is 0 Å². The van der Waals surface area contributed by atoms with E-state index in [1.165, 1.54) is 69.3 Å². The van der Waals surface area contributed by atoms with Crippen LogP contribution in [0.3, 0.4) is 0 Å². The lowest BCUT2D eigenvalue weighted by Crippen LogP contribution is -2.51. The largest absolute Gasteiger partial charge is 0.375 e. The van der Waals surface area contributed by atoms with Crippen LogP contribution in [0.1, 0.15) is 64.4 Å². The fourth-order valence-electron chi connectivity index (χ4n) is 4.51. The first kappa shape index (κ1) is 19.7. The standard InChI is InChI=1S/C21H32N2O.C2H6/c1-17-5-7-18(8-6-17)23-13-9-20(10-14-23)24-21-15-19(16-21)22-11-3-2-4-12-22;1-2/h5-8,19-21H,2-4,9-16H2,1H3;1-2H3. The molecule has 0 amide bonds. The minimum Gasteiger partial charge on any atom is -0.375 e. The van der Waals surface area contributed by atoms with Gasteiger partial charge in [-0.05, 0) is 70.7 Å². The maximum atomic E-state index is 6.40. The van der Waals surface area contributed by atoms with Gasteiger partial charge in [0.05, 0.1) is 12.2 Å². The molecule has 0 atom stereocenters. The Morgan fingerprint density at radius 3 is 2.04 bits per heavy atom. The molecule has 3 aliphatic rings. The highest BCUT2D eigenvalue weighted by Crippen LogP contribution is 2.33. The van der Waals surface area contributed by atoms with Crippen molar-refractivity contribution in [2.75, 3.05) is 31.1 Å². The summed E-state index contributed by atoms with van der Waals surface area (Å²) in [6, 6.07) is 9.76. The van der Waals surface area contributed by atoms with E-state index in [0.29, 0.717) is 12.2 Å². The zero-order valence-corrected chi connectivity index (χ0v) is 17.1. The van der Waals surface area contributed by atoms with Crippen LogP contribution in [0.25, 0.3) is 0 Å². The fraction of sp³-hybridized carbons (Fsp3) is 0.739. The Morgan fingerprint density at radius 1 is 0.808 bits per heavy atom. The second-order valence-corrected chi connectivity index (χ2v) is 8.00. The molecule has 4 rings (SSSR count). The summed E-state index contributed by atoms with van der Waals surface area (Å²) in [5, 5.41) is 0. The highest BCUT2D eigenvalue weighted by Gasteiger charge is 2.36. The Morgan fingerprint density at radius 2 is 1.42 bits per heavy atom. The summed E-state index contributed by atoms with van der Waals surface area (Å²) >= 11 is 0. The van der Waals surface area contributed by atoms with Crippen molar-refractivity contribution >= 4 is 5.69 Å². The van der Waals surface area contributed by atoms with E-state index in [2.05, 4.69) is 41.0 Å². The zero-order chi connectivity index (χ0) is 18.4. The molecule has 0 N–H and O–H groups in total. The number of likely N-dealkylation sites (tertiary alicyclic amines) is 1. The molecule has 2 heterocycles. The van der Waals surface area contributed by atoms with E-state index in [0.717, 1.165) is 19.1 Å². The molecule has 3 nitrogen and oxygen atoms in total. The third-order valence-corrected chi connectivity index (χ3v) is 6.20. The minimum absolute atomic E-state index is 0.485. The molecule has 26 heavy (non-hydrogen) atoms. The molecule has 0 bridgehead atoms. The van der Waals surface area contributed by atoms with E-state index in [9.17, 15) is 0 Å². The first-order valence-corrected chi connectivity index (χ1v) is 11.0. The highest BCUT2D eigenvalue weighted by molar-refractivity contribution is 5.47. The van der Waals surface area contributed by atoms with Gasteiger partial charge in [0.2, 0.25) is 0 Å². The maximum absolute atomic E-state index is 6.40. The van der Waals surface area contributed by atoms with E-state index in [-0.39, 0.29) is 0 Å². The molecule has 0 unspecified atom stereocenters. The van der Waals surface area contributed by atoms with Crippen LogP contribution in [0, 0.1) is 6.92 Å². The lowest BCUT2D eigenvalue weighted by molar-refractivity contribution is -0.0961. The van der Waals surface area contributed by atoms with Gasteiger partial charge in [0.25, 0.3) is 0 Å². The van der Waals surface area contributed by atoms with Crippen molar-refractivity contribution in [2.45, 2.75) is 84.0 Å². The number of hydrogen-bond acceptors (Lipinski definition) is 3. The van der Waals surface area contributed by atoms with Crippen molar-refractivity contribution in [3.8, 4) is 0 Å². The van der Waals surface area contributed by atoms with E-state index >= 15 is 0 Å². The van der Waals surface area contributed by atoms with Gasteiger partial charge in [-0.15, -0.1) is 0 Å². The molecule has 3 fully saturated rings. The van der Waals surface area contributed by atoms with Gasteiger partial charge in [-0.25, -0.2) is 0 Å². The van der Waals surface area contributed by atoms with Crippen molar-refractivity contribution in [1.29, 1.82) is 0 Å². The van der Waals surface area contributed by atoms with Crippen molar-refractivity contribution in [2.24, 2.45) is 0 Å². The quantitative estimate of drug-likeness (QED) is 0.751. The predicted molar refractivity (Wildman–Crippen MR) is 111 cm³/mol. The summed E-state index contributed by atoms with van der Waals surface area (Å²) in [7, 11) is 0. The molecular weight excluding hydrogens is 320 g/mol. The Labute approximate surface area is 160 Å². The van der Waals surface area contributed by atoms with Gasteiger partial charge in [0, 0.05) is 24.8 Å². The monoisotopic (exact) mass is 358 g/mol. The lowest BCUT2D eigenvalue weighted by Gasteiger charge is -2.46. The van der Waals surface area contributed by atoms with Gasteiger partial charge >= 0.3 is 0 Å². The molecule has 0 spiro atoms.